The first-order valence-corrected chi connectivity index (χ1v) is 11.6. The molecule has 2 aliphatic carbocycles. The van der Waals surface area contributed by atoms with E-state index in [9.17, 15) is 4.79 Å². The van der Waals surface area contributed by atoms with Gasteiger partial charge in [0.1, 0.15) is 0 Å². The molecule has 1 aromatic rings. The van der Waals surface area contributed by atoms with Crippen molar-refractivity contribution in [2.75, 3.05) is 26.2 Å². The Kier molecular flexibility index (Phi) is 5.43. The van der Waals surface area contributed by atoms with Crippen LogP contribution >= 0.6 is 0 Å². The average Bonchev–Trinajstić information content (AvgIpc) is 3.15. The topological polar surface area (TPSA) is 35.6 Å². The van der Waals surface area contributed by atoms with Crippen LogP contribution in [0.25, 0.3) is 0 Å². The fourth-order valence-electron chi connectivity index (χ4n) is 5.83. The van der Waals surface area contributed by atoms with Crippen LogP contribution in [-0.2, 0) is 17.6 Å². The molecule has 1 amide bonds. The Morgan fingerprint density at radius 2 is 1.54 bits per heavy atom. The Morgan fingerprint density at radius 3 is 2.18 bits per heavy atom. The SMILES string of the molecule is O=C(NC1CCC1)[C@H]1CCCN(C2CCN(C3Cc4ccccc4C3)CC2)C1. The summed E-state index contributed by atoms with van der Waals surface area (Å²) in [6.07, 6.45) is 10.9. The molecule has 2 heterocycles. The zero-order chi connectivity index (χ0) is 18.9. The van der Waals surface area contributed by atoms with Gasteiger partial charge in [0, 0.05) is 24.7 Å². The van der Waals surface area contributed by atoms with Crippen LogP contribution in [0.3, 0.4) is 0 Å². The van der Waals surface area contributed by atoms with Crippen LogP contribution in [0.5, 0.6) is 0 Å². The van der Waals surface area contributed by atoms with Crippen LogP contribution in [0, 0.1) is 5.92 Å². The van der Waals surface area contributed by atoms with Crippen LogP contribution in [-0.4, -0.2) is 60.0 Å². The molecule has 1 saturated carbocycles. The first-order valence-electron chi connectivity index (χ1n) is 11.6. The fourth-order valence-corrected chi connectivity index (χ4v) is 5.83. The lowest BCUT2D eigenvalue weighted by Crippen LogP contribution is -2.53. The Balaban J connectivity index is 1.11. The Morgan fingerprint density at radius 1 is 0.821 bits per heavy atom. The molecular weight excluding hydrogens is 346 g/mol. The molecule has 0 radical (unpaired) electrons. The van der Waals surface area contributed by atoms with Gasteiger partial charge in [0.15, 0.2) is 0 Å². The molecule has 3 fully saturated rings. The predicted molar refractivity (Wildman–Crippen MR) is 112 cm³/mol. The third-order valence-electron chi connectivity index (χ3n) is 7.84. The standard InChI is InChI=1S/C24H35N3O/c28-24(25-21-8-3-9-21)20-7-4-12-27(17-20)22-10-13-26(14-11-22)23-15-18-5-1-2-6-19(18)16-23/h1-2,5-6,20-23H,3-4,7-17H2,(H,25,28)/t20-/m0/s1. The maximum atomic E-state index is 12.6. The van der Waals surface area contributed by atoms with E-state index in [1.165, 1.54) is 71.0 Å². The number of carbonyl (C=O) groups is 1. The number of nitrogens with one attached hydrogen (secondary N) is 1. The number of amides is 1. The highest BCUT2D eigenvalue weighted by Gasteiger charge is 2.35. The van der Waals surface area contributed by atoms with Crippen molar-refractivity contribution < 1.29 is 4.79 Å². The van der Waals surface area contributed by atoms with E-state index >= 15 is 0 Å². The quantitative estimate of drug-likeness (QED) is 0.871. The molecule has 5 rings (SSSR count). The minimum Gasteiger partial charge on any atom is -0.353 e. The van der Waals surface area contributed by atoms with Gasteiger partial charge in [-0.1, -0.05) is 24.3 Å². The van der Waals surface area contributed by atoms with E-state index in [4.69, 9.17) is 0 Å². The first kappa shape index (κ1) is 18.6. The maximum absolute atomic E-state index is 12.6. The van der Waals surface area contributed by atoms with Crippen molar-refractivity contribution in [2.24, 2.45) is 5.92 Å². The zero-order valence-corrected chi connectivity index (χ0v) is 17.1. The Bertz CT molecular complexity index is 668. The van der Waals surface area contributed by atoms with Crippen molar-refractivity contribution >= 4 is 5.91 Å². The van der Waals surface area contributed by atoms with Gasteiger partial charge >= 0.3 is 0 Å². The van der Waals surface area contributed by atoms with Gasteiger partial charge in [-0.25, -0.2) is 0 Å². The largest absolute Gasteiger partial charge is 0.353 e. The molecule has 0 bridgehead atoms. The van der Waals surface area contributed by atoms with Gasteiger partial charge < -0.3 is 5.32 Å². The second kappa shape index (κ2) is 8.16. The van der Waals surface area contributed by atoms with Crippen molar-refractivity contribution in [1.29, 1.82) is 0 Å². The summed E-state index contributed by atoms with van der Waals surface area (Å²) in [6, 6.07) is 10.8. The number of fused-ring (bicyclic) bond motifs is 1. The van der Waals surface area contributed by atoms with Gasteiger partial charge in [0.05, 0.1) is 5.92 Å². The lowest BCUT2D eigenvalue weighted by atomic mass is 9.90. The van der Waals surface area contributed by atoms with Crippen molar-refractivity contribution in [3.05, 3.63) is 35.4 Å². The minimum absolute atomic E-state index is 0.219. The van der Waals surface area contributed by atoms with Gasteiger partial charge in [0.2, 0.25) is 5.91 Å². The average molecular weight is 382 g/mol. The third kappa shape index (κ3) is 3.86. The Hall–Kier alpha value is -1.39. The number of hydrogen-bond donors (Lipinski definition) is 1. The van der Waals surface area contributed by atoms with Gasteiger partial charge in [-0.2, -0.15) is 0 Å². The second-order valence-electron chi connectivity index (χ2n) is 9.57. The van der Waals surface area contributed by atoms with Gasteiger partial charge in [-0.3, -0.25) is 14.6 Å². The molecule has 152 valence electrons. The van der Waals surface area contributed by atoms with Crippen LogP contribution in [0.4, 0.5) is 0 Å². The molecule has 2 aliphatic heterocycles. The molecule has 4 aliphatic rings. The summed E-state index contributed by atoms with van der Waals surface area (Å²) >= 11 is 0. The number of carbonyl (C=O) groups excluding carboxylic acids is 1. The Labute approximate surface area is 169 Å². The number of likely N-dealkylation sites (tertiary alicyclic amines) is 2. The summed E-state index contributed by atoms with van der Waals surface area (Å²) < 4.78 is 0. The third-order valence-corrected chi connectivity index (χ3v) is 7.84. The van der Waals surface area contributed by atoms with Crippen LogP contribution in [0.15, 0.2) is 24.3 Å². The van der Waals surface area contributed by atoms with Crippen molar-refractivity contribution in [1.82, 2.24) is 15.1 Å². The molecule has 4 nitrogen and oxygen atoms in total. The molecule has 2 saturated heterocycles. The van der Waals surface area contributed by atoms with Crippen LogP contribution in [0.1, 0.15) is 56.1 Å². The van der Waals surface area contributed by atoms with Gasteiger partial charge in [-0.05, 0) is 88.5 Å². The van der Waals surface area contributed by atoms with E-state index in [0.29, 0.717) is 24.0 Å². The van der Waals surface area contributed by atoms with E-state index < -0.39 is 0 Å². The van der Waals surface area contributed by atoms with Crippen LogP contribution < -0.4 is 5.32 Å². The monoisotopic (exact) mass is 381 g/mol. The van der Waals surface area contributed by atoms with Crippen molar-refractivity contribution in [2.45, 2.75) is 75.9 Å². The summed E-state index contributed by atoms with van der Waals surface area (Å²) in [5, 5.41) is 3.29. The second-order valence-corrected chi connectivity index (χ2v) is 9.57. The molecule has 4 heteroatoms. The highest BCUT2D eigenvalue weighted by molar-refractivity contribution is 5.79. The molecule has 0 aromatic heterocycles. The van der Waals surface area contributed by atoms with Gasteiger partial charge in [0.25, 0.3) is 0 Å². The summed E-state index contributed by atoms with van der Waals surface area (Å²) in [5.74, 6) is 0.548. The van der Waals surface area contributed by atoms with E-state index in [2.05, 4.69) is 39.4 Å². The molecule has 0 spiro atoms. The molecule has 28 heavy (non-hydrogen) atoms. The molecule has 1 aromatic carbocycles. The lowest BCUT2D eigenvalue weighted by molar-refractivity contribution is -0.128. The molecule has 0 unspecified atom stereocenters. The molecular formula is C24H35N3O. The smallest absolute Gasteiger partial charge is 0.224 e. The number of rotatable bonds is 4. The van der Waals surface area contributed by atoms with Crippen molar-refractivity contribution in [3.8, 4) is 0 Å². The summed E-state index contributed by atoms with van der Waals surface area (Å²) in [6.45, 7) is 4.61. The number of benzene rings is 1. The highest BCUT2D eigenvalue weighted by Crippen LogP contribution is 2.30. The normalized spacial score (nSPS) is 28.1. The number of nitrogens with zero attached hydrogens (tertiary/aromatic N) is 2. The van der Waals surface area contributed by atoms with E-state index in [1.54, 1.807) is 11.1 Å². The van der Waals surface area contributed by atoms with Gasteiger partial charge in [-0.15, -0.1) is 0 Å². The summed E-state index contributed by atoms with van der Waals surface area (Å²) in [7, 11) is 0. The predicted octanol–water partition coefficient (Wildman–Crippen LogP) is 3.00. The van der Waals surface area contributed by atoms with Crippen LogP contribution in [0.2, 0.25) is 0 Å². The lowest BCUT2D eigenvalue weighted by Gasteiger charge is -2.43. The first-order chi connectivity index (χ1) is 13.8. The zero-order valence-electron chi connectivity index (χ0n) is 17.1. The summed E-state index contributed by atoms with van der Waals surface area (Å²) in [5.41, 5.74) is 3.12. The molecule has 1 atom stereocenters. The van der Waals surface area contributed by atoms with E-state index in [-0.39, 0.29) is 5.92 Å². The fraction of sp³-hybridized carbons (Fsp3) is 0.708. The summed E-state index contributed by atoms with van der Waals surface area (Å²) in [4.78, 5) is 18.0. The van der Waals surface area contributed by atoms with E-state index in [0.717, 1.165) is 13.0 Å². The maximum Gasteiger partial charge on any atom is 0.224 e. The minimum atomic E-state index is 0.219. The number of hydrogen-bond acceptors (Lipinski definition) is 3. The number of piperidine rings is 2. The van der Waals surface area contributed by atoms with Crippen molar-refractivity contribution in [3.63, 3.8) is 0 Å². The van der Waals surface area contributed by atoms with E-state index in [1.807, 2.05) is 0 Å². The highest BCUT2D eigenvalue weighted by atomic mass is 16.2. The molecule has 1 N–H and O–H groups in total.